The van der Waals surface area contributed by atoms with Gasteiger partial charge in [-0.25, -0.2) is 9.37 Å². The zero-order valence-corrected chi connectivity index (χ0v) is 10.5. The topological polar surface area (TPSA) is 48.1 Å². The van der Waals surface area contributed by atoms with E-state index >= 15 is 0 Å². The van der Waals surface area contributed by atoms with Crippen LogP contribution in [0.4, 0.5) is 9.52 Å². The van der Waals surface area contributed by atoms with E-state index in [-0.39, 0.29) is 11.6 Å². The zero-order chi connectivity index (χ0) is 12.4. The highest BCUT2D eigenvalue weighted by molar-refractivity contribution is 7.15. The first-order chi connectivity index (χ1) is 8.10. The zero-order valence-electron chi connectivity index (χ0n) is 9.66. The summed E-state index contributed by atoms with van der Waals surface area (Å²) in [5.74, 6) is -0.0885. The van der Waals surface area contributed by atoms with E-state index in [0.717, 1.165) is 16.1 Å². The van der Waals surface area contributed by atoms with Crippen LogP contribution in [0.15, 0.2) is 18.2 Å². The van der Waals surface area contributed by atoms with Gasteiger partial charge in [-0.1, -0.05) is 6.07 Å². The summed E-state index contributed by atoms with van der Waals surface area (Å²) >= 11 is 1.44. The first-order valence-corrected chi connectivity index (χ1v) is 5.96. The molecule has 0 atom stereocenters. The highest BCUT2D eigenvalue weighted by Gasteiger charge is 2.08. The summed E-state index contributed by atoms with van der Waals surface area (Å²) in [5, 5.41) is 0.548. The monoisotopic (exact) mass is 252 g/mol. The molecule has 0 unspecified atom stereocenters. The van der Waals surface area contributed by atoms with E-state index in [2.05, 4.69) is 4.98 Å². The highest BCUT2D eigenvalue weighted by atomic mass is 32.1. The molecule has 0 fully saturated rings. The molecule has 0 saturated heterocycles. The second kappa shape index (κ2) is 4.71. The number of ether oxygens (including phenoxy) is 1. The van der Waals surface area contributed by atoms with Crippen molar-refractivity contribution in [2.75, 3.05) is 12.8 Å². The summed E-state index contributed by atoms with van der Waals surface area (Å²) in [6.07, 6.45) is 0.640. The van der Waals surface area contributed by atoms with Crippen molar-refractivity contribution in [2.24, 2.45) is 0 Å². The van der Waals surface area contributed by atoms with Crippen molar-refractivity contribution in [3.63, 3.8) is 0 Å². The van der Waals surface area contributed by atoms with Crippen LogP contribution in [0.5, 0.6) is 5.75 Å². The van der Waals surface area contributed by atoms with E-state index in [4.69, 9.17) is 10.5 Å². The number of halogens is 1. The van der Waals surface area contributed by atoms with Crippen molar-refractivity contribution in [1.82, 2.24) is 4.98 Å². The van der Waals surface area contributed by atoms with Gasteiger partial charge in [0.15, 0.2) is 16.7 Å². The molecule has 3 nitrogen and oxygen atoms in total. The summed E-state index contributed by atoms with van der Waals surface area (Å²) in [5.41, 5.74) is 7.41. The summed E-state index contributed by atoms with van der Waals surface area (Å²) < 4.78 is 18.4. The number of aryl methyl sites for hydroxylation is 1. The number of nitrogens with two attached hydrogens (primary N) is 1. The first kappa shape index (κ1) is 11.9. The molecule has 0 bridgehead atoms. The minimum Gasteiger partial charge on any atom is -0.494 e. The van der Waals surface area contributed by atoms with Crippen molar-refractivity contribution in [1.29, 1.82) is 0 Å². The van der Waals surface area contributed by atoms with Gasteiger partial charge in [0.05, 0.1) is 12.8 Å². The lowest BCUT2D eigenvalue weighted by Crippen LogP contribution is -1.92. The van der Waals surface area contributed by atoms with Gasteiger partial charge in [0.2, 0.25) is 0 Å². The average molecular weight is 252 g/mol. The fourth-order valence-electron chi connectivity index (χ4n) is 1.62. The van der Waals surface area contributed by atoms with Gasteiger partial charge in [0.25, 0.3) is 0 Å². The maximum Gasteiger partial charge on any atom is 0.180 e. The van der Waals surface area contributed by atoms with Crippen LogP contribution < -0.4 is 10.5 Å². The van der Waals surface area contributed by atoms with E-state index in [1.54, 1.807) is 6.07 Å². The van der Waals surface area contributed by atoms with Crippen LogP contribution >= 0.6 is 11.3 Å². The largest absolute Gasteiger partial charge is 0.494 e. The Bertz CT molecular complexity index is 539. The molecule has 0 aliphatic heterocycles. The van der Waals surface area contributed by atoms with E-state index in [1.807, 2.05) is 13.0 Å². The van der Waals surface area contributed by atoms with Crippen molar-refractivity contribution in [3.8, 4) is 5.75 Å². The number of thiazole rings is 1. The lowest BCUT2D eigenvalue weighted by molar-refractivity contribution is 0.386. The predicted molar refractivity (Wildman–Crippen MR) is 67.0 cm³/mol. The quantitative estimate of drug-likeness (QED) is 0.913. The lowest BCUT2D eigenvalue weighted by atomic mass is 10.1. The number of methoxy groups -OCH3 is 1. The first-order valence-electron chi connectivity index (χ1n) is 5.14. The van der Waals surface area contributed by atoms with E-state index in [1.165, 1.54) is 24.5 Å². The van der Waals surface area contributed by atoms with Crippen molar-refractivity contribution in [3.05, 3.63) is 40.2 Å². The Morgan fingerprint density at radius 1 is 1.47 bits per heavy atom. The molecule has 2 rings (SSSR count). The predicted octanol–water partition coefficient (Wildman–Crippen LogP) is 2.77. The third-order valence-electron chi connectivity index (χ3n) is 2.49. The Morgan fingerprint density at radius 3 is 2.76 bits per heavy atom. The number of nitrogens with zero attached hydrogens (tertiary/aromatic N) is 1. The molecule has 0 amide bonds. The number of aromatic nitrogens is 1. The van der Waals surface area contributed by atoms with Crippen LogP contribution in [-0.4, -0.2) is 12.1 Å². The number of anilines is 1. The van der Waals surface area contributed by atoms with Crippen LogP contribution in [0, 0.1) is 12.7 Å². The fourth-order valence-corrected chi connectivity index (χ4v) is 2.49. The molecule has 0 spiro atoms. The molecule has 0 aliphatic rings. The van der Waals surface area contributed by atoms with Crippen LogP contribution in [0.1, 0.15) is 16.1 Å². The number of rotatable bonds is 3. The van der Waals surface area contributed by atoms with Crippen LogP contribution in [0.2, 0.25) is 0 Å². The molecule has 0 radical (unpaired) electrons. The molecule has 5 heteroatoms. The van der Waals surface area contributed by atoms with Crippen molar-refractivity contribution >= 4 is 16.5 Å². The summed E-state index contributed by atoms with van der Waals surface area (Å²) in [6.45, 7) is 1.90. The minimum atomic E-state index is -0.347. The maximum atomic E-state index is 13.5. The van der Waals surface area contributed by atoms with E-state index in [0.29, 0.717) is 11.6 Å². The molecule has 2 aromatic rings. The van der Waals surface area contributed by atoms with Gasteiger partial charge < -0.3 is 10.5 Å². The van der Waals surface area contributed by atoms with Crippen LogP contribution in [0.25, 0.3) is 0 Å². The third kappa shape index (κ3) is 2.55. The molecule has 90 valence electrons. The Hall–Kier alpha value is -1.62. The Labute approximate surface area is 103 Å². The second-order valence-electron chi connectivity index (χ2n) is 3.71. The normalized spacial score (nSPS) is 10.5. The minimum absolute atomic E-state index is 0.259. The Kier molecular flexibility index (Phi) is 3.28. The maximum absolute atomic E-state index is 13.5. The molecule has 0 aliphatic carbocycles. The summed E-state index contributed by atoms with van der Waals surface area (Å²) in [6, 6.07) is 4.95. The SMILES string of the molecule is COc1ccc(Cc2sc(N)nc2C)cc1F. The van der Waals surface area contributed by atoms with E-state index in [9.17, 15) is 4.39 Å². The Balaban J connectivity index is 2.24. The Morgan fingerprint density at radius 2 is 2.24 bits per heavy atom. The van der Waals surface area contributed by atoms with Gasteiger partial charge in [0.1, 0.15) is 0 Å². The summed E-state index contributed by atoms with van der Waals surface area (Å²) in [4.78, 5) is 5.20. The molecule has 17 heavy (non-hydrogen) atoms. The molecule has 1 heterocycles. The van der Waals surface area contributed by atoms with Gasteiger partial charge in [-0.15, -0.1) is 11.3 Å². The smallest absolute Gasteiger partial charge is 0.180 e. The molecule has 0 saturated carbocycles. The fraction of sp³-hybridized carbons (Fsp3) is 0.250. The number of hydrogen-bond acceptors (Lipinski definition) is 4. The van der Waals surface area contributed by atoms with Gasteiger partial charge in [0, 0.05) is 11.3 Å². The lowest BCUT2D eigenvalue weighted by Gasteiger charge is -2.04. The van der Waals surface area contributed by atoms with Gasteiger partial charge in [-0.05, 0) is 24.6 Å². The van der Waals surface area contributed by atoms with E-state index < -0.39 is 0 Å². The van der Waals surface area contributed by atoms with Crippen molar-refractivity contribution in [2.45, 2.75) is 13.3 Å². The van der Waals surface area contributed by atoms with Crippen LogP contribution in [0.3, 0.4) is 0 Å². The molecule has 2 N–H and O–H groups in total. The third-order valence-corrected chi connectivity index (χ3v) is 3.48. The number of benzene rings is 1. The molecule has 1 aromatic heterocycles. The highest BCUT2D eigenvalue weighted by Crippen LogP contribution is 2.25. The molecule has 1 aromatic carbocycles. The van der Waals surface area contributed by atoms with Crippen LogP contribution in [-0.2, 0) is 6.42 Å². The number of nitrogen functional groups attached to an aromatic ring is 1. The van der Waals surface area contributed by atoms with Gasteiger partial charge in [-0.3, -0.25) is 0 Å². The summed E-state index contributed by atoms with van der Waals surface area (Å²) in [7, 11) is 1.45. The molecular weight excluding hydrogens is 239 g/mol. The van der Waals surface area contributed by atoms with Gasteiger partial charge in [-0.2, -0.15) is 0 Å². The number of hydrogen-bond donors (Lipinski definition) is 1. The average Bonchev–Trinajstić information content (AvgIpc) is 2.58. The standard InChI is InChI=1S/C12H13FN2OS/c1-7-11(17-12(14)15-7)6-8-3-4-10(16-2)9(13)5-8/h3-5H,6H2,1-2H3,(H2,14,15). The van der Waals surface area contributed by atoms with Crippen molar-refractivity contribution < 1.29 is 9.13 Å². The van der Waals surface area contributed by atoms with Gasteiger partial charge >= 0.3 is 0 Å². The molecular formula is C12H13FN2OS. The second-order valence-corrected chi connectivity index (χ2v) is 4.82.